The van der Waals surface area contributed by atoms with Gasteiger partial charge in [0.25, 0.3) is 0 Å². The number of allylic oxidation sites excluding steroid dienone is 2. The molecule has 0 aromatic heterocycles. The summed E-state index contributed by atoms with van der Waals surface area (Å²) < 4.78 is 5.36. The van der Waals surface area contributed by atoms with Gasteiger partial charge in [-0.3, -0.25) is 9.59 Å². The van der Waals surface area contributed by atoms with E-state index >= 15 is 0 Å². The van der Waals surface area contributed by atoms with Crippen LogP contribution in [0.3, 0.4) is 0 Å². The van der Waals surface area contributed by atoms with Crippen molar-refractivity contribution >= 4 is 23.1 Å². The van der Waals surface area contributed by atoms with Crippen LogP contribution in [0.2, 0.25) is 0 Å². The molecule has 0 bridgehead atoms. The van der Waals surface area contributed by atoms with Crippen LogP contribution in [0.4, 0.5) is 5.69 Å². The van der Waals surface area contributed by atoms with Gasteiger partial charge >= 0.3 is 0 Å². The number of nitrogens with one attached hydrogen (secondary N) is 2. The van der Waals surface area contributed by atoms with Crippen LogP contribution in [0.5, 0.6) is 5.75 Å². The van der Waals surface area contributed by atoms with Crippen LogP contribution >= 0.6 is 0 Å². The van der Waals surface area contributed by atoms with E-state index in [0.29, 0.717) is 11.3 Å². The van der Waals surface area contributed by atoms with Gasteiger partial charge in [-0.2, -0.15) is 0 Å². The van der Waals surface area contributed by atoms with Crippen LogP contribution in [0.25, 0.3) is 5.70 Å². The molecule has 1 aliphatic rings. The number of benzene rings is 2. The zero-order chi connectivity index (χ0) is 21.9. The average molecular weight is 405 g/mol. The predicted octanol–water partition coefficient (Wildman–Crippen LogP) is 4.75. The quantitative estimate of drug-likeness (QED) is 0.558. The van der Waals surface area contributed by atoms with Gasteiger partial charge < -0.3 is 15.4 Å². The second kappa shape index (κ2) is 8.57. The molecule has 0 saturated heterocycles. The van der Waals surface area contributed by atoms with E-state index < -0.39 is 0 Å². The fourth-order valence-corrected chi connectivity index (χ4v) is 3.53. The zero-order valence-corrected chi connectivity index (χ0v) is 18.1. The number of hydrogen-bond donors (Lipinski definition) is 2. The van der Waals surface area contributed by atoms with Crippen molar-refractivity contribution in [1.29, 1.82) is 0 Å². The lowest BCUT2D eigenvalue weighted by atomic mass is 9.85. The van der Waals surface area contributed by atoms with Gasteiger partial charge in [-0.1, -0.05) is 11.6 Å². The summed E-state index contributed by atoms with van der Waals surface area (Å²) in [6.45, 7) is 7.96. The van der Waals surface area contributed by atoms with Crippen LogP contribution in [-0.2, 0) is 11.2 Å². The van der Waals surface area contributed by atoms with Gasteiger partial charge in [0.1, 0.15) is 5.75 Å². The van der Waals surface area contributed by atoms with Gasteiger partial charge in [0.15, 0.2) is 5.78 Å². The van der Waals surface area contributed by atoms with E-state index in [1.54, 1.807) is 37.5 Å². The summed E-state index contributed by atoms with van der Waals surface area (Å²) in [5, 5.41) is 6.27. The van der Waals surface area contributed by atoms with Crippen LogP contribution in [0, 0.1) is 0 Å². The predicted molar refractivity (Wildman–Crippen MR) is 121 cm³/mol. The number of amides is 1. The Labute approximate surface area is 177 Å². The van der Waals surface area contributed by atoms with Crippen LogP contribution in [0.15, 0.2) is 60.2 Å². The zero-order valence-electron chi connectivity index (χ0n) is 18.1. The minimum Gasteiger partial charge on any atom is -0.497 e. The molecule has 2 aromatic carbocycles. The number of carbonyl (C=O) groups excluding carboxylic acids is 2. The van der Waals surface area contributed by atoms with Crippen molar-refractivity contribution in [2.24, 2.45) is 0 Å². The van der Waals surface area contributed by atoms with E-state index in [0.717, 1.165) is 29.0 Å². The summed E-state index contributed by atoms with van der Waals surface area (Å²) in [5.41, 5.74) is 4.90. The summed E-state index contributed by atoms with van der Waals surface area (Å²) in [7, 11) is 1.63. The van der Waals surface area contributed by atoms with Crippen LogP contribution in [0.1, 0.15) is 49.2 Å². The van der Waals surface area contributed by atoms with E-state index in [9.17, 15) is 9.59 Å². The number of methoxy groups -OCH3 is 1. The highest BCUT2D eigenvalue weighted by Gasteiger charge is 2.28. The number of rotatable bonds is 5. The maximum atomic E-state index is 12.9. The lowest BCUT2D eigenvalue weighted by Gasteiger charge is -2.35. The third-order valence-corrected chi connectivity index (χ3v) is 4.84. The minimum absolute atomic E-state index is 0.105. The van der Waals surface area contributed by atoms with Gasteiger partial charge in [-0.25, -0.2) is 0 Å². The molecule has 156 valence electrons. The first-order valence-electron chi connectivity index (χ1n) is 9.94. The Morgan fingerprint density at radius 2 is 1.80 bits per heavy atom. The summed E-state index contributed by atoms with van der Waals surface area (Å²) in [5.74, 6) is 0.464. The molecule has 1 aliphatic heterocycles. The van der Waals surface area contributed by atoms with Crippen molar-refractivity contribution < 1.29 is 14.3 Å². The number of anilines is 1. The smallest absolute Gasteiger partial charge is 0.248 e. The van der Waals surface area contributed by atoms with E-state index in [2.05, 4.69) is 30.5 Å². The van der Waals surface area contributed by atoms with Gasteiger partial charge in [0.2, 0.25) is 5.91 Å². The molecular formula is C25H28N2O3. The molecule has 0 unspecified atom stereocenters. The first kappa shape index (κ1) is 21.4. The van der Waals surface area contributed by atoms with Crippen molar-refractivity contribution in [2.45, 2.75) is 39.7 Å². The lowest BCUT2D eigenvalue weighted by Crippen LogP contribution is -2.43. The SMILES string of the molecule is COc1ccc2c(c1)C(=CC(=O)c1ccc(NC(=O)C=C(C)C)cc1)NC(C)(C)C2. The topological polar surface area (TPSA) is 67.4 Å². The van der Waals surface area contributed by atoms with E-state index in [1.165, 1.54) is 11.6 Å². The second-order valence-electron chi connectivity index (χ2n) is 8.42. The van der Waals surface area contributed by atoms with Gasteiger partial charge in [0.05, 0.1) is 7.11 Å². The Kier molecular flexibility index (Phi) is 6.11. The standard InChI is InChI=1S/C25H28N2O3/c1-16(2)12-24(29)26-19-9-6-17(7-10-19)23(28)14-22-21-13-20(30-5)11-8-18(21)15-25(3,4)27-22/h6-14,27H,15H2,1-5H3,(H,26,29). The first-order valence-corrected chi connectivity index (χ1v) is 9.94. The molecule has 1 heterocycles. The Morgan fingerprint density at radius 3 is 2.43 bits per heavy atom. The van der Waals surface area contributed by atoms with Crippen LogP contribution in [-0.4, -0.2) is 24.3 Å². The summed E-state index contributed by atoms with van der Waals surface area (Å²) in [6.07, 6.45) is 4.03. The third kappa shape index (κ3) is 5.17. The molecule has 30 heavy (non-hydrogen) atoms. The Hall–Kier alpha value is -3.34. The molecule has 0 aliphatic carbocycles. The van der Waals surface area contributed by atoms with E-state index in [1.807, 2.05) is 26.0 Å². The molecule has 0 spiro atoms. The maximum absolute atomic E-state index is 12.9. The summed E-state index contributed by atoms with van der Waals surface area (Å²) in [6, 6.07) is 12.9. The summed E-state index contributed by atoms with van der Waals surface area (Å²) >= 11 is 0. The highest BCUT2D eigenvalue weighted by atomic mass is 16.5. The number of ether oxygens (including phenoxy) is 1. The molecule has 0 atom stereocenters. The number of hydrogen-bond acceptors (Lipinski definition) is 4. The molecule has 2 aromatic rings. The maximum Gasteiger partial charge on any atom is 0.248 e. The Balaban J connectivity index is 1.85. The summed E-state index contributed by atoms with van der Waals surface area (Å²) in [4.78, 5) is 24.8. The fourth-order valence-electron chi connectivity index (χ4n) is 3.53. The number of ketones is 1. The highest BCUT2D eigenvalue weighted by Crippen LogP contribution is 2.32. The molecule has 0 fully saturated rings. The van der Waals surface area contributed by atoms with E-state index in [4.69, 9.17) is 4.74 Å². The Bertz CT molecular complexity index is 1030. The normalized spacial score (nSPS) is 15.6. The molecule has 5 nitrogen and oxygen atoms in total. The number of fused-ring (bicyclic) bond motifs is 1. The van der Waals surface area contributed by atoms with E-state index in [-0.39, 0.29) is 17.2 Å². The van der Waals surface area contributed by atoms with Crippen LogP contribution < -0.4 is 15.4 Å². The fraction of sp³-hybridized carbons (Fsp3) is 0.280. The molecule has 3 rings (SSSR count). The molecule has 2 N–H and O–H groups in total. The van der Waals surface area contributed by atoms with Gasteiger partial charge in [0, 0.05) is 40.2 Å². The molecular weight excluding hydrogens is 376 g/mol. The van der Waals surface area contributed by atoms with Crippen molar-refractivity contribution in [2.75, 3.05) is 12.4 Å². The van der Waals surface area contributed by atoms with Gasteiger partial charge in [-0.05, 0) is 76.1 Å². The third-order valence-electron chi connectivity index (χ3n) is 4.84. The molecule has 0 saturated carbocycles. The van der Waals surface area contributed by atoms with Crippen molar-refractivity contribution in [3.8, 4) is 5.75 Å². The second-order valence-corrected chi connectivity index (χ2v) is 8.42. The highest BCUT2D eigenvalue weighted by molar-refractivity contribution is 6.09. The minimum atomic E-state index is -0.185. The van der Waals surface area contributed by atoms with Crippen molar-refractivity contribution in [3.05, 3.63) is 76.9 Å². The van der Waals surface area contributed by atoms with Crippen molar-refractivity contribution in [1.82, 2.24) is 5.32 Å². The van der Waals surface area contributed by atoms with Gasteiger partial charge in [-0.15, -0.1) is 0 Å². The average Bonchev–Trinajstić information content (AvgIpc) is 2.66. The largest absolute Gasteiger partial charge is 0.497 e. The molecule has 0 radical (unpaired) electrons. The lowest BCUT2D eigenvalue weighted by molar-refractivity contribution is -0.111. The monoisotopic (exact) mass is 404 g/mol. The first-order chi connectivity index (χ1) is 14.2. The van der Waals surface area contributed by atoms with Crippen molar-refractivity contribution in [3.63, 3.8) is 0 Å². The Morgan fingerprint density at radius 1 is 1.10 bits per heavy atom. The molecule has 5 heteroatoms. The molecule has 1 amide bonds. The number of carbonyl (C=O) groups is 2.